The summed E-state index contributed by atoms with van der Waals surface area (Å²) >= 11 is 2.51. The van der Waals surface area contributed by atoms with Gasteiger partial charge in [-0.2, -0.15) is 0 Å². The molecule has 0 spiro atoms. The minimum Gasteiger partial charge on any atom is -0.461 e. The van der Waals surface area contributed by atoms with Crippen molar-refractivity contribution in [1.82, 2.24) is 9.97 Å². The lowest BCUT2D eigenvalue weighted by Gasteiger charge is -2.09. The average molecular weight is 458 g/mol. The van der Waals surface area contributed by atoms with Gasteiger partial charge in [0.25, 0.3) is 0 Å². The molecule has 0 saturated heterocycles. The lowest BCUT2D eigenvalue weighted by atomic mass is 10.0. The van der Waals surface area contributed by atoms with E-state index in [0.717, 1.165) is 38.4 Å². The third-order valence-electron chi connectivity index (χ3n) is 4.56. The molecule has 0 saturated carbocycles. The third-order valence-corrected chi connectivity index (χ3v) is 6.52. The van der Waals surface area contributed by atoms with Gasteiger partial charge in [-0.3, -0.25) is 4.79 Å². The number of nitrogens with one attached hydrogen (secondary N) is 1. The van der Waals surface area contributed by atoms with E-state index < -0.39 is 5.97 Å². The Hall–Kier alpha value is -2.45. The topological polar surface area (TPSA) is 81.2 Å². The standard InChI is InChI=1S/C23H27N3O3S2/c1-12(2)10-29-22(28)21-16(6)24-23(31-21)25-18(27)11-30-19-9-14(4)17-8-13(3)7-15(5)20(17)26-19/h7-9,12H,10-11H2,1-6H3,(H,24,25,27). The molecule has 0 bridgehead atoms. The van der Waals surface area contributed by atoms with Gasteiger partial charge in [0, 0.05) is 5.39 Å². The van der Waals surface area contributed by atoms with Crippen molar-refractivity contribution >= 4 is 51.0 Å². The molecule has 6 nitrogen and oxygen atoms in total. The molecule has 8 heteroatoms. The summed E-state index contributed by atoms with van der Waals surface area (Å²) in [6, 6.07) is 6.26. The zero-order chi connectivity index (χ0) is 22.7. The number of pyridine rings is 1. The third kappa shape index (κ3) is 5.83. The predicted molar refractivity (Wildman–Crippen MR) is 127 cm³/mol. The van der Waals surface area contributed by atoms with E-state index in [1.54, 1.807) is 6.92 Å². The number of carbonyl (C=O) groups excluding carboxylic acids is 2. The molecule has 3 rings (SSSR count). The highest BCUT2D eigenvalue weighted by atomic mass is 32.2. The monoisotopic (exact) mass is 457 g/mol. The Bertz CT molecular complexity index is 1140. The fourth-order valence-corrected chi connectivity index (χ4v) is 4.77. The molecule has 0 unspecified atom stereocenters. The minimum atomic E-state index is -0.403. The highest BCUT2D eigenvalue weighted by molar-refractivity contribution is 7.99. The average Bonchev–Trinajstić information content (AvgIpc) is 3.05. The van der Waals surface area contributed by atoms with Crippen LogP contribution in [0.2, 0.25) is 0 Å². The Morgan fingerprint density at radius 2 is 1.84 bits per heavy atom. The lowest BCUT2D eigenvalue weighted by molar-refractivity contribution is -0.113. The van der Waals surface area contributed by atoms with E-state index in [2.05, 4.69) is 43.2 Å². The van der Waals surface area contributed by atoms with E-state index in [9.17, 15) is 9.59 Å². The molecule has 2 aromatic heterocycles. The van der Waals surface area contributed by atoms with Crippen LogP contribution in [0.4, 0.5) is 5.13 Å². The van der Waals surface area contributed by atoms with Crippen molar-refractivity contribution in [3.05, 3.63) is 45.5 Å². The van der Waals surface area contributed by atoms with Crippen molar-refractivity contribution in [1.29, 1.82) is 0 Å². The number of thioether (sulfide) groups is 1. The number of carbonyl (C=O) groups is 2. The molecule has 0 atom stereocenters. The van der Waals surface area contributed by atoms with Crippen molar-refractivity contribution in [2.45, 2.75) is 46.6 Å². The second-order valence-corrected chi connectivity index (χ2v) is 10.0. The second-order valence-electron chi connectivity index (χ2n) is 8.02. The van der Waals surface area contributed by atoms with Crippen LogP contribution in [-0.2, 0) is 9.53 Å². The Morgan fingerprint density at radius 3 is 2.55 bits per heavy atom. The molecular weight excluding hydrogens is 430 g/mol. The Kier molecular flexibility index (Phi) is 7.33. The van der Waals surface area contributed by atoms with Crippen LogP contribution in [0.25, 0.3) is 10.9 Å². The van der Waals surface area contributed by atoms with E-state index >= 15 is 0 Å². The van der Waals surface area contributed by atoms with Crippen LogP contribution >= 0.6 is 23.1 Å². The van der Waals surface area contributed by atoms with Crippen molar-refractivity contribution in [3.8, 4) is 0 Å². The molecule has 0 radical (unpaired) electrons. The van der Waals surface area contributed by atoms with Crippen LogP contribution in [-0.4, -0.2) is 34.2 Å². The van der Waals surface area contributed by atoms with E-state index in [1.165, 1.54) is 17.3 Å². The molecule has 2 heterocycles. The Balaban J connectivity index is 1.64. The van der Waals surface area contributed by atoms with Crippen molar-refractivity contribution in [2.75, 3.05) is 17.7 Å². The van der Waals surface area contributed by atoms with Crippen molar-refractivity contribution in [2.24, 2.45) is 5.92 Å². The smallest absolute Gasteiger partial charge is 0.350 e. The maximum atomic E-state index is 12.4. The van der Waals surface area contributed by atoms with Crippen molar-refractivity contribution < 1.29 is 14.3 Å². The predicted octanol–water partition coefficient (Wildman–Crippen LogP) is 5.47. The quantitative estimate of drug-likeness (QED) is 0.374. The maximum Gasteiger partial charge on any atom is 0.350 e. The molecule has 1 amide bonds. The molecule has 0 fully saturated rings. The summed E-state index contributed by atoms with van der Waals surface area (Å²) in [5.41, 5.74) is 4.99. The van der Waals surface area contributed by atoms with Gasteiger partial charge in [-0.15, -0.1) is 0 Å². The Morgan fingerprint density at radius 1 is 1.10 bits per heavy atom. The van der Waals surface area contributed by atoms with Crippen LogP contribution in [0, 0.1) is 33.6 Å². The summed E-state index contributed by atoms with van der Waals surface area (Å²) < 4.78 is 5.26. The zero-order valence-corrected chi connectivity index (χ0v) is 20.3. The Labute approximate surface area is 190 Å². The van der Waals surface area contributed by atoms with Crippen LogP contribution in [0.3, 0.4) is 0 Å². The fourth-order valence-electron chi connectivity index (χ4n) is 3.13. The molecule has 0 aliphatic heterocycles. The number of aromatic nitrogens is 2. The van der Waals surface area contributed by atoms with Crippen LogP contribution in [0.1, 0.15) is 45.9 Å². The number of thiazole rings is 1. The first kappa shape index (κ1) is 23.2. The number of rotatable bonds is 7. The van der Waals surface area contributed by atoms with Gasteiger partial charge in [0.05, 0.1) is 28.6 Å². The molecule has 1 N–H and O–H groups in total. The first-order valence-electron chi connectivity index (χ1n) is 10.1. The number of esters is 1. The normalized spacial score (nSPS) is 11.2. The highest BCUT2D eigenvalue weighted by Gasteiger charge is 2.18. The number of amides is 1. The molecule has 164 valence electrons. The van der Waals surface area contributed by atoms with Gasteiger partial charge in [0.2, 0.25) is 5.91 Å². The van der Waals surface area contributed by atoms with Gasteiger partial charge in [0.15, 0.2) is 5.13 Å². The van der Waals surface area contributed by atoms with Gasteiger partial charge in [0.1, 0.15) is 4.88 Å². The highest BCUT2D eigenvalue weighted by Crippen LogP contribution is 2.28. The summed E-state index contributed by atoms with van der Waals surface area (Å²) in [5, 5.41) is 5.12. The number of hydrogen-bond acceptors (Lipinski definition) is 7. The molecule has 3 aromatic rings. The SMILES string of the molecule is Cc1cc(C)c2nc(SCC(=O)Nc3nc(C)c(C(=O)OCC(C)C)s3)cc(C)c2c1. The molecule has 31 heavy (non-hydrogen) atoms. The van der Waals surface area contributed by atoms with Crippen LogP contribution in [0.15, 0.2) is 23.2 Å². The first-order valence-corrected chi connectivity index (χ1v) is 11.9. The summed E-state index contributed by atoms with van der Waals surface area (Å²) in [7, 11) is 0. The minimum absolute atomic E-state index is 0.193. The maximum absolute atomic E-state index is 12.4. The van der Waals surface area contributed by atoms with Gasteiger partial charge in [-0.05, 0) is 56.9 Å². The molecule has 0 aliphatic carbocycles. The number of nitrogens with zero attached hydrogens (tertiary/aromatic N) is 2. The number of benzene rings is 1. The summed E-state index contributed by atoms with van der Waals surface area (Å²) in [5.74, 6) is -0.135. The zero-order valence-electron chi connectivity index (χ0n) is 18.7. The van der Waals surface area contributed by atoms with E-state index in [1.807, 2.05) is 19.9 Å². The van der Waals surface area contributed by atoms with Crippen LogP contribution in [0.5, 0.6) is 0 Å². The molecule has 0 aliphatic rings. The number of ether oxygens (including phenoxy) is 1. The van der Waals surface area contributed by atoms with E-state index in [-0.39, 0.29) is 17.6 Å². The van der Waals surface area contributed by atoms with Crippen LogP contribution < -0.4 is 5.32 Å². The van der Waals surface area contributed by atoms with Gasteiger partial charge < -0.3 is 10.1 Å². The fraction of sp³-hybridized carbons (Fsp3) is 0.391. The van der Waals surface area contributed by atoms with Gasteiger partial charge in [-0.1, -0.05) is 48.6 Å². The summed E-state index contributed by atoms with van der Waals surface area (Å²) in [4.78, 5) is 34.1. The van der Waals surface area contributed by atoms with Crippen molar-refractivity contribution in [3.63, 3.8) is 0 Å². The number of hydrogen-bond donors (Lipinski definition) is 1. The summed E-state index contributed by atoms with van der Waals surface area (Å²) in [6.45, 7) is 12.2. The van der Waals surface area contributed by atoms with E-state index in [0.29, 0.717) is 22.3 Å². The lowest BCUT2D eigenvalue weighted by Crippen LogP contribution is -2.14. The van der Waals surface area contributed by atoms with E-state index in [4.69, 9.17) is 9.72 Å². The molecule has 1 aromatic carbocycles. The number of fused-ring (bicyclic) bond motifs is 1. The number of anilines is 1. The van der Waals surface area contributed by atoms with Gasteiger partial charge >= 0.3 is 5.97 Å². The molecular formula is C23H27N3O3S2. The first-order chi connectivity index (χ1) is 14.6. The van der Waals surface area contributed by atoms with Gasteiger partial charge in [-0.25, -0.2) is 14.8 Å². The largest absolute Gasteiger partial charge is 0.461 e. The number of aryl methyl sites for hydroxylation is 4. The summed E-state index contributed by atoms with van der Waals surface area (Å²) in [6.07, 6.45) is 0. The second kappa shape index (κ2) is 9.78.